The number of fused-ring (bicyclic) bond motifs is 1. The van der Waals surface area contributed by atoms with Gasteiger partial charge in [0, 0.05) is 5.69 Å². The number of amides is 2. The molecule has 27 heavy (non-hydrogen) atoms. The Bertz CT molecular complexity index is 952. The number of ether oxygens (including phenoxy) is 2. The van der Waals surface area contributed by atoms with Crippen LogP contribution in [0.3, 0.4) is 0 Å². The summed E-state index contributed by atoms with van der Waals surface area (Å²) in [6.07, 6.45) is -5.10. The summed E-state index contributed by atoms with van der Waals surface area (Å²) < 4.78 is 72.5. The van der Waals surface area contributed by atoms with Gasteiger partial charge in [-0.05, 0) is 36.4 Å². The number of nitrogens with one attached hydrogen (secondary N) is 2. The van der Waals surface area contributed by atoms with Crippen molar-refractivity contribution in [3.8, 4) is 11.5 Å². The van der Waals surface area contributed by atoms with Gasteiger partial charge in [0.1, 0.15) is 0 Å². The molecule has 0 spiro atoms. The summed E-state index contributed by atoms with van der Waals surface area (Å²) in [5.74, 6) is -3.78. The number of halogens is 3. The third-order valence-corrected chi connectivity index (χ3v) is 4.38. The van der Waals surface area contributed by atoms with Crippen LogP contribution in [-0.2, 0) is 10.0 Å². The van der Waals surface area contributed by atoms with Gasteiger partial charge in [0.2, 0.25) is 10.0 Å². The maximum absolute atomic E-state index is 13.5. The van der Waals surface area contributed by atoms with E-state index in [9.17, 15) is 26.4 Å². The average Bonchev–Trinajstić information content (AvgIpc) is 2.93. The van der Waals surface area contributed by atoms with Crippen molar-refractivity contribution in [1.29, 1.82) is 0 Å². The van der Waals surface area contributed by atoms with Gasteiger partial charge >= 0.3 is 18.1 Å². The van der Waals surface area contributed by atoms with Crippen LogP contribution in [0.2, 0.25) is 0 Å². The van der Waals surface area contributed by atoms with Crippen LogP contribution in [0, 0.1) is 0 Å². The van der Waals surface area contributed by atoms with Crippen LogP contribution in [0.25, 0.3) is 0 Å². The lowest BCUT2D eigenvalue weighted by atomic mass is 10.3. The van der Waals surface area contributed by atoms with Gasteiger partial charge in [0.25, 0.3) is 0 Å². The van der Waals surface area contributed by atoms with Crippen LogP contribution in [0.4, 0.5) is 23.7 Å². The average molecular weight is 403 g/mol. The number of para-hydroxylation sites is 2. The second-order valence-electron chi connectivity index (χ2n) is 5.41. The lowest BCUT2D eigenvalue weighted by Crippen LogP contribution is -2.65. The summed E-state index contributed by atoms with van der Waals surface area (Å²) >= 11 is 0. The summed E-state index contributed by atoms with van der Waals surface area (Å²) in [7, 11) is -3.94. The Hall–Kier alpha value is -2.99. The maximum Gasteiger partial charge on any atom is 0.492 e. The fourth-order valence-corrected chi connectivity index (χ4v) is 2.74. The van der Waals surface area contributed by atoms with E-state index in [2.05, 4.69) is 5.32 Å². The molecule has 144 valence electrons. The van der Waals surface area contributed by atoms with Gasteiger partial charge in [0.15, 0.2) is 11.5 Å². The minimum absolute atomic E-state index is 0.0211. The van der Waals surface area contributed by atoms with Crippen molar-refractivity contribution in [1.82, 2.24) is 5.32 Å². The first-order chi connectivity index (χ1) is 12.5. The number of primary sulfonamides is 1. The molecule has 0 unspecified atom stereocenters. The first kappa shape index (κ1) is 18.8. The zero-order chi connectivity index (χ0) is 19.9. The van der Waals surface area contributed by atoms with Crippen LogP contribution < -0.4 is 25.2 Å². The molecular weight excluding hydrogens is 391 g/mol. The number of alkyl halides is 3. The topological polar surface area (TPSA) is 120 Å². The smallest absolute Gasteiger partial charge is 0.424 e. The highest BCUT2D eigenvalue weighted by Crippen LogP contribution is 2.44. The van der Waals surface area contributed by atoms with E-state index in [1.807, 2.05) is 0 Å². The minimum Gasteiger partial charge on any atom is -0.424 e. The second-order valence-corrected chi connectivity index (χ2v) is 6.98. The molecule has 0 radical (unpaired) electrons. The summed E-state index contributed by atoms with van der Waals surface area (Å²) in [6, 6.07) is 8.61. The number of hydrogen-bond donors (Lipinski definition) is 3. The van der Waals surface area contributed by atoms with Gasteiger partial charge < -0.3 is 14.8 Å². The molecule has 1 aliphatic rings. The number of hydrogen-bond acceptors (Lipinski definition) is 5. The van der Waals surface area contributed by atoms with Crippen molar-refractivity contribution < 1.29 is 35.9 Å². The molecule has 1 heterocycles. The molecule has 0 aliphatic carbocycles. The van der Waals surface area contributed by atoms with E-state index in [0.717, 1.165) is 24.3 Å². The van der Waals surface area contributed by atoms with E-state index >= 15 is 0 Å². The van der Waals surface area contributed by atoms with Crippen LogP contribution in [-0.4, -0.2) is 26.5 Å². The predicted octanol–water partition coefficient (Wildman–Crippen LogP) is 2.14. The highest BCUT2D eigenvalue weighted by Gasteiger charge is 2.65. The number of carbonyl (C=O) groups excluding carboxylic acids is 1. The van der Waals surface area contributed by atoms with Crippen molar-refractivity contribution in [2.24, 2.45) is 5.14 Å². The molecule has 1 aliphatic heterocycles. The molecule has 4 N–H and O–H groups in total. The van der Waals surface area contributed by atoms with E-state index in [1.54, 1.807) is 5.32 Å². The standard InChI is InChI=1S/C15H12F3N3O5S/c16-14(17,18)15(25-11-3-1-2-4-12(11)26-15)21-13(22)20-9-5-7-10(8-6-9)27(19,23)24/h1-8H,(H2,19,23,24)(H2,20,21,22). The number of sulfonamides is 1. The molecule has 0 saturated carbocycles. The van der Waals surface area contributed by atoms with Crippen molar-refractivity contribution in [3.63, 3.8) is 0 Å². The molecular formula is C15H12F3N3O5S. The van der Waals surface area contributed by atoms with Gasteiger partial charge in [-0.15, -0.1) is 0 Å². The quantitative estimate of drug-likeness (QED) is 0.725. The van der Waals surface area contributed by atoms with Crippen molar-refractivity contribution in [2.75, 3.05) is 5.32 Å². The molecule has 0 fully saturated rings. The third-order valence-electron chi connectivity index (χ3n) is 3.45. The zero-order valence-corrected chi connectivity index (χ0v) is 14.1. The predicted molar refractivity (Wildman–Crippen MR) is 86.5 cm³/mol. The molecule has 0 saturated heterocycles. The van der Waals surface area contributed by atoms with Gasteiger partial charge in [-0.3, -0.25) is 5.32 Å². The molecule has 2 amide bonds. The summed E-state index contributed by atoms with van der Waals surface area (Å²) in [5.41, 5.74) is 0.0211. The van der Waals surface area contributed by atoms with Crippen molar-refractivity contribution in [3.05, 3.63) is 48.5 Å². The van der Waals surface area contributed by atoms with Crippen LogP contribution in [0.1, 0.15) is 0 Å². The first-order valence-electron chi connectivity index (χ1n) is 7.26. The lowest BCUT2D eigenvalue weighted by molar-refractivity contribution is -0.317. The Balaban J connectivity index is 1.77. The van der Waals surface area contributed by atoms with Gasteiger partial charge in [-0.2, -0.15) is 13.2 Å². The summed E-state index contributed by atoms with van der Waals surface area (Å²) in [6.45, 7) is 0. The Morgan fingerprint density at radius 1 is 1.00 bits per heavy atom. The highest BCUT2D eigenvalue weighted by molar-refractivity contribution is 7.89. The van der Waals surface area contributed by atoms with Crippen LogP contribution in [0.15, 0.2) is 53.4 Å². The summed E-state index contributed by atoms with van der Waals surface area (Å²) in [4.78, 5) is 11.8. The van der Waals surface area contributed by atoms with Crippen LogP contribution in [0.5, 0.6) is 11.5 Å². The van der Waals surface area contributed by atoms with Crippen LogP contribution >= 0.6 is 0 Å². The molecule has 2 aromatic carbocycles. The number of carbonyl (C=O) groups is 1. The molecule has 3 rings (SSSR count). The molecule has 12 heteroatoms. The fraction of sp³-hybridized carbons (Fsp3) is 0.133. The number of anilines is 1. The Kier molecular flexibility index (Phi) is 4.40. The number of rotatable bonds is 3. The fourth-order valence-electron chi connectivity index (χ4n) is 2.23. The molecule has 0 bridgehead atoms. The van der Waals surface area contributed by atoms with Crippen molar-refractivity contribution in [2.45, 2.75) is 17.0 Å². The summed E-state index contributed by atoms with van der Waals surface area (Å²) in [5, 5.41) is 8.67. The van der Waals surface area contributed by atoms with E-state index in [4.69, 9.17) is 14.6 Å². The SMILES string of the molecule is NS(=O)(=O)c1ccc(NC(=O)NC2(C(F)(F)F)Oc3ccccc3O2)cc1. The van der Waals surface area contributed by atoms with Gasteiger partial charge in [0.05, 0.1) is 4.90 Å². The zero-order valence-electron chi connectivity index (χ0n) is 13.3. The number of nitrogens with two attached hydrogens (primary N) is 1. The highest BCUT2D eigenvalue weighted by atomic mass is 32.2. The molecule has 0 aromatic heterocycles. The van der Waals surface area contributed by atoms with E-state index < -0.39 is 28.1 Å². The second kappa shape index (κ2) is 6.32. The minimum atomic E-state index is -5.10. The maximum atomic E-state index is 13.5. The van der Waals surface area contributed by atoms with E-state index in [1.165, 1.54) is 24.3 Å². The third kappa shape index (κ3) is 3.75. The Labute approximate surface area is 151 Å². The molecule has 2 aromatic rings. The van der Waals surface area contributed by atoms with Crippen molar-refractivity contribution >= 4 is 21.7 Å². The Morgan fingerprint density at radius 2 is 1.52 bits per heavy atom. The number of benzene rings is 2. The lowest BCUT2D eigenvalue weighted by Gasteiger charge is -2.29. The van der Waals surface area contributed by atoms with E-state index in [0.29, 0.717) is 0 Å². The van der Waals surface area contributed by atoms with E-state index in [-0.39, 0.29) is 22.1 Å². The largest absolute Gasteiger partial charge is 0.492 e. The first-order valence-corrected chi connectivity index (χ1v) is 8.81. The normalized spacial score (nSPS) is 15.3. The van der Waals surface area contributed by atoms with Gasteiger partial charge in [-0.25, -0.2) is 18.4 Å². The number of urea groups is 1. The molecule has 8 nitrogen and oxygen atoms in total. The molecule has 0 atom stereocenters. The monoisotopic (exact) mass is 403 g/mol. The Morgan fingerprint density at radius 3 is 1.96 bits per heavy atom. The van der Waals surface area contributed by atoms with Gasteiger partial charge in [-0.1, -0.05) is 12.1 Å².